The number of β-lactam (4-membered cyclic amide) rings is 1. The maximum atomic E-state index is 12.0. The van der Waals surface area contributed by atoms with Gasteiger partial charge in [0.2, 0.25) is 11.8 Å². The quantitative estimate of drug-likeness (QED) is 0.468. The van der Waals surface area contributed by atoms with Gasteiger partial charge < -0.3 is 26.2 Å². The van der Waals surface area contributed by atoms with E-state index < -0.39 is 18.0 Å². The predicted octanol–water partition coefficient (Wildman–Crippen LogP) is -0.827. The average Bonchev–Trinajstić information content (AvgIpc) is 2.77. The number of hydrogen-bond acceptors (Lipinski definition) is 6. The van der Waals surface area contributed by atoms with Crippen LogP contribution in [0.25, 0.3) is 0 Å². The molecule has 0 aromatic carbocycles. The minimum Gasteiger partial charge on any atom is -0.477 e. The SMILES string of the molecule is C[C@@H](O)C1C(=O)N2C(C(=O)O)=C(S/C=C\NC(=O)CN)CC12. The lowest BCUT2D eigenvalue weighted by atomic mass is 9.83. The number of aliphatic carboxylic acids is 1. The third-order valence-corrected chi connectivity index (χ3v) is 4.52. The molecule has 2 aliphatic rings. The van der Waals surface area contributed by atoms with Crippen molar-refractivity contribution >= 4 is 29.5 Å². The largest absolute Gasteiger partial charge is 0.477 e. The van der Waals surface area contributed by atoms with Gasteiger partial charge in [0, 0.05) is 17.5 Å². The Bertz CT molecular complexity index is 572. The van der Waals surface area contributed by atoms with E-state index in [1.807, 2.05) is 0 Å². The number of nitrogens with two attached hydrogens (primary N) is 1. The lowest BCUT2D eigenvalue weighted by molar-refractivity contribution is -0.161. The molecule has 0 spiro atoms. The number of rotatable bonds is 6. The molecule has 5 N–H and O–H groups in total. The standard InChI is InChI=1S/C13H17N3O5S/c1-6(17)10-7-4-8(22-3-2-15-9(18)5-14)11(13(20)21)16(7)12(10)19/h2-3,6-7,10,17H,4-5,14H2,1H3,(H,15,18)(H,20,21)/b3-2-/t6-,7?,10?/m1/s1. The van der Waals surface area contributed by atoms with Crippen molar-refractivity contribution in [3.63, 3.8) is 0 Å². The normalized spacial score (nSPS) is 25.2. The Kier molecular flexibility index (Phi) is 4.89. The molecular weight excluding hydrogens is 310 g/mol. The second-order valence-electron chi connectivity index (χ2n) is 5.02. The molecule has 1 fully saturated rings. The zero-order chi connectivity index (χ0) is 16.4. The molecule has 0 aromatic rings. The third kappa shape index (κ3) is 2.87. The summed E-state index contributed by atoms with van der Waals surface area (Å²) in [6, 6.07) is -0.312. The summed E-state index contributed by atoms with van der Waals surface area (Å²) in [5.74, 6) is -2.47. The van der Waals surface area contributed by atoms with Crippen molar-refractivity contribution in [1.82, 2.24) is 10.2 Å². The van der Waals surface area contributed by atoms with E-state index in [1.165, 1.54) is 23.4 Å². The fourth-order valence-electron chi connectivity index (χ4n) is 2.64. The molecule has 2 amide bonds. The Labute approximate surface area is 131 Å². The summed E-state index contributed by atoms with van der Waals surface area (Å²) in [6.45, 7) is 1.38. The molecule has 0 saturated carbocycles. The van der Waals surface area contributed by atoms with Crippen LogP contribution in [-0.4, -0.2) is 51.6 Å². The van der Waals surface area contributed by atoms with Crippen molar-refractivity contribution in [2.24, 2.45) is 11.7 Å². The van der Waals surface area contributed by atoms with Crippen molar-refractivity contribution in [3.05, 3.63) is 22.2 Å². The molecule has 22 heavy (non-hydrogen) atoms. The summed E-state index contributed by atoms with van der Waals surface area (Å²) >= 11 is 1.12. The molecule has 0 aliphatic carbocycles. The van der Waals surface area contributed by atoms with Crippen LogP contribution in [0.3, 0.4) is 0 Å². The van der Waals surface area contributed by atoms with Gasteiger partial charge in [-0.05, 0) is 12.3 Å². The fraction of sp³-hybridized carbons (Fsp3) is 0.462. The Morgan fingerprint density at radius 2 is 2.27 bits per heavy atom. The van der Waals surface area contributed by atoms with Crippen molar-refractivity contribution in [2.45, 2.75) is 25.5 Å². The molecule has 8 nitrogen and oxygen atoms in total. The molecule has 0 bridgehead atoms. The van der Waals surface area contributed by atoms with Gasteiger partial charge in [-0.25, -0.2) is 4.79 Å². The number of carboxylic acids is 1. The van der Waals surface area contributed by atoms with E-state index in [4.69, 9.17) is 5.73 Å². The second kappa shape index (κ2) is 6.51. The van der Waals surface area contributed by atoms with Gasteiger partial charge in [0.1, 0.15) is 5.70 Å². The average molecular weight is 327 g/mol. The maximum absolute atomic E-state index is 12.0. The van der Waals surface area contributed by atoms with Gasteiger partial charge in [-0.3, -0.25) is 9.59 Å². The Morgan fingerprint density at radius 1 is 1.59 bits per heavy atom. The summed E-state index contributed by atoms with van der Waals surface area (Å²) in [4.78, 5) is 36.1. The van der Waals surface area contributed by atoms with E-state index in [-0.39, 0.29) is 30.1 Å². The van der Waals surface area contributed by atoms with Crippen LogP contribution in [0.15, 0.2) is 22.2 Å². The first-order chi connectivity index (χ1) is 10.4. The summed E-state index contributed by atoms with van der Waals surface area (Å²) in [7, 11) is 0. The zero-order valence-electron chi connectivity index (χ0n) is 11.9. The highest BCUT2D eigenvalue weighted by Crippen LogP contribution is 2.47. The Morgan fingerprint density at radius 3 is 2.82 bits per heavy atom. The first-order valence-electron chi connectivity index (χ1n) is 6.67. The molecule has 2 unspecified atom stereocenters. The number of aliphatic hydroxyl groups is 1. The van der Waals surface area contributed by atoms with Gasteiger partial charge in [0.15, 0.2) is 0 Å². The maximum Gasteiger partial charge on any atom is 0.353 e. The molecule has 0 radical (unpaired) electrons. The minimum atomic E-state index is -1.18. The van der Waals surface area contributed by atoms with Crippen LogP contribution in [0.4, 0.5) is 0 Å². The van der Waals surface area contributed by atoms with E-state index in [2.05, 4.69) is 5.32 Å². The monoisotopic (exact) mass is 327 g/mol. The number of carboxylic acid groups (broad SMARTS) is 1. The van der Waals surface area contributed by atoms with Gasteiger partial charge in [0.05, 0.1) is 24.6 Å². The highest BCUT2D eigenvalue weighted by molar-refractivity contribution is 8.05. The van der Waals surface area contributed by atoms with Gasteiger partial charge in [0.25, 0.3) is 0 Å². The lowest BCUT2D eigenvalue weighted by Crippen LogP contribution is -2.61. The van der Waals surface area contributed by atoms with Crippen LogP contribution in [0.1, 0.15) is 13.3 Å². The summed E-state index contributed by atoms with van der Waals surface area (Å²) in [5, 5.41) is 22.8. The van der Waals surface area contributed by atoms with Gasteiger partial charge in [-0.1, -0.05) is 11.8 Å². The van der Waals surface area contributed by atoms with Gasteiger partial charge in [-0.2, -0.15) is 0 Å². The highest BCUT2D eigenvalue weighted by atomic mass is 32.2. The number of fused-ring (bicyclic) bond motifs is 1. The molecule has 0 aromatic heterocycles. The molecule has 3 atom stereocenters. The Balaban J connectivity index is 2.09. The summed E-state index contributed by atoms with van der Waals surface area (Å²) in [6.07, 6.45) is 0.936. The van der Waals surface area contributed by atoms with Crippen molar-refractivity contribution in [1.29, 1.82) is 0 Å². The van der Waals surface area contributed by atoms with Gasteiger partial charge in [-0.15, -0.1) is 0 Å². The van der Waals surface area contributed by atoms with Crippen LogP contribution in [0, 0.1) is 5.92 Å². The van der Waals surface area contributed by atoms with Crippen LogP contribution in [0.2, 0.25) is 0 Å². The van der Waals surface area contributed by atoms with Crippen molar-refractivity contribution in [3.8, 4) is 0 Å². The van der Waals surface area contributed by atoms with E-state index >= 15 is 0 Å². The molecule has 2 rings (SSSR count). The topological polar surface area (TPSA) is 133 Å². The van der Waals surface area contributed by atoms with Gasteiger partial charge >= 0.3 is 5.97 Å². The Hall–Kier alpha value is -1.84. The highest BCUT2D eigenvalue weighted by Gasteiger charge is 2.56. The van der Waals surface area contributed by atoms with Crippen LogP contribution in [0.5, 0.6) is 0 Å². The number of carbonyl (C=O) groups excluding carboxylic acids is 2. The van der Waals surface area contributed by atoms with Crippen LogP contribution >= 0.6 is 11.8 Å². The number of thioether (sulfide) groups is 1. The molecule has 120 valence electrons. The number of carbonyl (C=O) groups is 3. The fourth-order valence-corrected chi connectivity index (χ4v) is 3.50. The number of aliphatic hydroxyl groups excluding tert-OH is 1. The van der Waals surface area contributed by atoms with E-state index in [0.717, 1.165) is 11.8 Å². The minimum absolute atomic E-state index is 0.0494. The first kappa shape index (κ1) is 16.5. The summed E-state index contributed by atoms with van der Waals surface area (Å²) < 4.78 is 0. The smallest absolute Gasteiger partial charge is 0.353 e. The molecule has 1 saturated heterocycles. The zero-order valence-corrected chi connectivity index (χ0v) is 12.7. The number of amides is 2. The van der Waals surface area contributed by atoms with E-state index in [0.29, 0.717) is 11.3 Å². The van der Waals surface area contributed by atoms with Crippen molar-refractivity contribution in [2.75, 3.05) is 6.54 Å². The number of hydrogen-bond donors (Lipinski definition) is 4. The number of nitrogens with one attached hydrogen (secondary N) is 1. The van der Waals surface area contributed by atoms with E-state index in [1.54, 1.807) is 0 Å². The molecule has 2 aliphatic heterocycles. The van der Waals surface area contributed by atoms with E-state index in [9.17, 15) is 24.6 Å². The molecule has 2 heterocycles. The molecule has 9 heteroatoms. The molecular formula is C13H17N3O5S. The third-order valence-electron chi connectivity index (χ3n) is 3.60. The number of nitrogens with zero attached hydrogens (tertiary/aromatic N) is 1. The predicted molar refractivity (Wildman–Crippen MR) is 79.0 cm³/mol. The van der Waals surface area contributed by atoms with Crippen LogP contribution < -0.4 is 11.1 Å². The first-order valence-corrected chi connectivity index (χ1v) is 7.55. The summed E-state index contributed by atoms with van der Waals surface area (Å²) in [5.41, 5.74) is 5.08. The van der Waals surface area contributed by atoms with Crippen LogP contribution in [-0.2, 0) is 14.4 Å². The lowest BCUT2D eigenvalue weighted by Gasteiger charge is -2.44. The van der Waals surface area contributed by atoms with Crippen molar-refractivity contribution < 1.29 is 24.6 Å². The second-order valence-corrected chi connectivity index (χ2v) is 6.02.